The maximum atomic E-state index is 13.2. The maximum absolute atomic E-state index is 13.2. The molecule has 2 aliphatic rings. The second-order valence-corrected chi connectivity index (χ2v) is 23.5. The van der Waals surface area contributed by atoms with Gasteiger partial charge in [-0.25, -0.2) is 18.9 Å². The lowest BCUT2D eigenvalue weighted by Gasteiger charge is -2.40. The van der Waals surface area contributed by atoms with Gasteiger partial charge in [0.15, 0.2) is 17.6 Å². The minimum atomic E-state index is -5.68. The molecule has 12 N–H and O–H groups in total. The molecule has 4 heterocycles. The monoisotopic (exact) mass is 1380 g/mol. The number of rotatable bonds is 45. The minimum absolute atomic E-state index is 0.0386. The third kappa shape index (κ3) is 26.2. The smallest absolute Gasteiger partial charge is 0.481 e. The van der Waals surface area contributed by atoms with Crippen LogP contribution in [0.3, 0.4) is 0 Å². The van der Waals surface area contributed by atoms with Crippen LogP contribution < -0.4 is 26.7 Å². The number of carbonyl (C=O) groups is 3. The molecule has 2 fully saturated rings. The Hall–Kier alpha value is -6.56. The molecule has 1 aliphatic heterocycles. The first-order valence-electron chi connectivity index (χ1n) is 29.5. The number of azide groups is 1. The van der Waals surface area contributed by atoms with Crippen LogP contribution in [-0.2, 0) is 74.7 Å². The summed E-state index contributed by atoms with van der Waals surface area (Å²) in [5, 5.41) is 77.3. The molecule has 5 unspecified atom stereocenters. The topological polar surface area (TPSA) is 551 Å². The Bertz CT molecular complexity index is 3160. The van der Waals surface area contributed by atoms with E-state index in [1.54, 1.807) is 19.1 Å². The van der Waals surface area contributed by atoms with Crippen molar-refractivity contribution in [3.8, 4) is 17.1 Å². The van der Waals surface area contributed by atoms with E-state index < -0.39 is 108 Å². The highest BCUT2D eigenvalue weighted by Gasteiger charge is 2.49. The number of carbonyl (C=O) groups excluding carboxylic acids is 3. The van der Waals surface area contributed by atoms with E-state index in [-0.39, 0.29) is 128 Å². The number of fused-ring (bicyclic) bond motifs is 1. The van der Waals surface area contributed by atoms with Crippen molar-refractivity contribution >= 4 is 50.4 Å². The van der Waals surface area contributed by atoms with E-state index in [0.29, 0.717) is 57.0 Å². The SMILES string of the molecule is Cc1nnc(-c2ccc(OCCOCCOCCOCCOCCC(=O)N(CCNC(=O)CCOCCOC(=O)NCC3C[C@H](OP(=O)(O)OP(=O)(O)OC[C@H]4O[C@@H](n5cnc6c(=O)[nH]c(N)cc65)C(O)[C@H]4O)C(O)[C@@H](O)[C@@H]3O)CCOCCOCCN=[N+]=[N-])cc2)nn1. The van der Waals surface area contributed by atoms with Crippen molar-refractivity contribution in [3.63, 3.8) is 0 Å². The van der Waals surface area contributed by atoms with E-state index in [2.05, 4.69) is 55.3 Å². The summed E-state index contributed by atoms with van der Waals surface area (Å²) in [5.74, 6) is -0.314. The van der Waals surface area contributed by atoms with Crippen molar-refractivity contribution in [3.05, 3.63) is 63.3 Å². The van der Waals surface area contributed by atoms with Gasteiger partial charge in [0.25, 0.3) is 5.56 Å². The number of hydrogen-bond donors (Lipinski definition) is 11. The number of phosphoric ester groups is 2. The first kappa shape index (κ1) is 76.5. The second-order valence-electron chi connectivity index (χ2n) is 20.5. The maximum Gasteiger partial charge on any atom is 0.481 e. The van der Waals surface area contributed by atoms with Crippen molar-refractivity contribution in [2.75, 3.05) is 151 Å². The number of phosphoric acid groups is 2. The average molecular weight is 1380 g/mol. The number of anilines is 1. The third-order valence-electron chi connectivity index (χ3n) is 13.7. The number of benzene rings is 1. The largest absolute Gasteiger partial charge is 0.491 e. The fraction of sp³-hybridized carbons (Fsp3) is 0.673. The molecule has 1 aliphatic carbocycles. The number of imidazole rings is 1. The van der Waals surface area contributed by atoms with Crippen LogP contribution in [0.4, 0.5) is 10.6 Å². The van der Waals surface area contributed by atoms with E-state index in [9.17, 15) is 63.6 Å². The Balaban J connectivity index is 0.793. The molecular formula is C52H80N14O26P2. The number of nitrogens with zero attached hydrogens (tertiary/aromatic N) is 10. The Kier molecular flexibility index (Phi) is 32.6. The number of aromatic nitrogens is 7. The molecule has 1 saturated carbocycles. The standard InChI is InChI=1S/C52H80N14O26P2/c1-33-60-62-49(63-61-33)34-2-4-36(5-3-34)87-26-24-86-23-22-85-21-20-84-19-16-81-13-7-42(68)65(11-15-83-18-17-82-14-9-58-64-54)10-8-55-41(67)6-12-80-25-27-88-52(75)56-30-35-28-38(45(70)47(72)44(35)69)91-94(78,79)92-93(76,77)89-31-39-46(71)48(73)51(90-39)66-32-57-43-37(66)29-40(53)59-50(43)74/h2-5,29,32,35,38-39,44-48,51,69-73H,6-28,30-31H2,1H3,(H,55,67)(H,56,75)(H,76,77)(H,78,79)(H3,53,59,74)/t35?,38-,39+,44+,45?,46-,47-,48?,51+/m0/s1. The number of pyridine rings is 1. The minimum Gasteiger partial charge on any atom is -0.491 e. The molecule has 0 bridgehead atoms. The predicted molar refractivity (Wildman–Crippen MR) is 320 cm³/mol. The van der Waals surface area contributed by atoms with Gasteiger partial charge in [-0.05, 0) is 43.1 Å². The lowest BCUT2D eigenvalue weighted by molar-refractivity contribution is -0.153. The van der Waals surface area contributed by atoms with Gasteiger partial charge >= 0.3 is 21.7 Å². The first-order valence-corrected chi connectivity index (χ1v) is 32.5. The van der Waals surface area contributed by atoms with Crippen LogP contribution in [0.25, 0.3) is 32.9 Å². The number of amides is 3. The summed E-state index contributed by atoms with van der Waals surface area (Å²) < 4.78 is 95.9. The van der Waals surface area contributed by atoms with Crippen molar-refractivity contribution < 1.29 is 120 Å². The van der Waals surface area contributed by atoms with Crippen molar-refractivity contribution in [1.29, 1.82) is 0 Å². The van der Waals surface area contributed by atoms with E-state index in [0.717, 1.165) is 11.9 Å². The van der Waals surface area contributed by atoms with Gasteiger partial charge in [-0.3, -0.25) is 23.4 Å². The van der Waals surface area contributed by atoms with Gasteiger partial charge in [0, 0.05) is 61.6 Å². The molecule has 0 radical (unpaired) electrons. The normalized spacial score (nSPS) is 21.6. The molecule has 4 aromatic rings. The number of ether oxygens (including phenoxy) is 10. The zero-order valence-corrected chi connectivity index (χ0v) is 53.0. The Morgan fingerprint density at radius 1 is 0.766 bits per heavy atom. The zero-order valence-electron chi connectivity index (χ0n) is 51.2. The van der Waals surface area contributed by atoms with Gasteiger partial charge in [-0.15, -0.1) is 20.4 Å². The van der Waals surface area contributed by atoms with Crippen LogP contribution in [0.1, 0.15) is 31.3 Å². The second kappa shape index (κ2) is 40.1. The zero-order chi connectivity index (χ0) is 67.9. The van der Waals surface area contributed by atoms with Crippen LogP contribution in [0.15, 0.2) is 46.6 Å². The number of alkyl carbamates (subject to hydrolysis) is 1. The van der Waals surface area contributed by atoms with Gasteiger partial charge in [-0.1, -0.05) is 5.11 Å². The molecule has 94 heavy (non-hydrogen) atoms. The Morgan fingerprint density at radius 3 is 2.05 bits per heavy atom. The van der Waals surface area contributed by atoms with E-state index in [4.69, 9.17) is 67.7 Å². The van der Waals surface area contributed by atoms with Crippen molar-refractivity contribution in [2.24, 2.45) is 11.0 Å². The number of aromatic amines is 1. The lowest BCUT2D eigenvalue weighted by Crippen LogP contribution is -2.56. The molecule has 6 rings (SSSR count). The Morgan fingerprint density at radius 2 is 1.38 bits per heavy atom. The van der Waals surface area contributed by atoms with E-state index >= 15 is 0 Å². The highest BCUT2D eigenvalue weighted by Crippen LogP contribution is 2.62. The number of hydrogen-bond acceptors (Lipinski definition) is 31. The first-order chi connectivity index (χ1) is 45.1. The van der Waals surface area contributed by atoms with Crippen LogP contribution in [0.5, 0.6) is 5.75 Å². The summed E-state index contributed by atoms with van der Waals surface area (Å²) in [6.45, 7) is 3.84. The number of H-pyrrole nitrogens is 1. The summed E-state index contributed by atoms with van der Waals surface area (Å²) in [7, 11) is -11.3. The number of aryl methyl sites for hydroxylation is 1. The number of aliphatic hydroxyl groups is 5. The molecule has 524 valence electrons. The van der Waals surface area contributed by atoms with Crippen molar-refractivity contribution in [2.45, 2.75) is 75.1 Å². The van der Waals surface area contributed by atoms with Crippen LogP contribution in [-0.4, -0.2) is 281 Å². The van der Waals surface area contributed by atoms with Crippen LogP contribution in [0, 0.1) is 12.8 Å². The third-order valence-corrected chi connectivity index (χ3v) is 16.4. The molecular weight excluding hydrogens is 1300 g/mol. The Labute approximate surface area is 536 Å². The molecule has 3 aromatic heterocycles. The van der Waals surface area contributed by atoms with Crippen molar-refractivity contribution in [1.82, 2.24) is 50.5 Å². The number of nitrogens with two attached hydrogens (primary N) is 1. The lowest BCUT2D eigenvalue weighted by atomic mass is 9.81. The van der Waals surface area contributed by atoms with Crippen LogP contribution in [0.2, 0.25) is 0 Å². The quantitative estimate of drug-likeness (QED) is 0.00762. The van der Waals surface area contributed by atoms with Gasteiger partial charge in [0.1, 0.15) is 55.3 Å². The van der Waals surface area contributed by atoms with Crippen LogP contribution >= 0.6 is 15.6 Å². The molecule has 1 saturated heterocycles. The molecule has 1 aromatic carbocycles. The molecule has 11 atom stereocenters. The number of nitrogens with one attached hydrogen (secondary N) is 3. The van der Waals surface area contributed by atoms with E-state index in [1.807, 2.05) is 12.1 Å². The summed E-state index contributed by atoms with van der Waals surface area (Å²) in [4.78, 5) is 81.8. The highest BCUT2D eigenvalue weighted by atomic mass is 31.3. The molecule has 42 heteroatoms. The van der Waals surface area contributed by atoms with Gasteiger partial charge in [-0.2, -0.15) is 4.31 Å². The fourth-order valence-electron chi connectivity index (χ4n) is 9.01. The molecule has 40 nitrogen and oxygen atoms in total. The molecule has 0 spiro atoms. The number of aliphatic hydroxyl groups excluding tert-OH is 5. The van der Waals surface area contributed by atoms with Gasteiger partial charge in [0.2, 0.25) is 17.6 Å². The van der Waals surface area contributed by atoms with Gasteiger partial charge < -0.3 is 114 Å². The average Bonchev–Trinajstić information content (AvgIpc) is 1.59. The fourth-order valence-corrected chi connectivity index (χ4v) is 11.3. The highest BCUT2D eigenvalue weighted by molar-refractivity contribution is 7.61. The molecule has 3 amide bonds. The summed E-state index contributed by atoms with van der Waals surface area (Å²) in [6, 6.07) is 8.54. The van der Waals surface area contributed by atoms with E-state index in [1.165, 1.54) is 15.5 Å². The summed E-state index contributed by atoms with van der Waals surface area (Å²) in [6.07, 6.45) is -14.6. The number of nitrogen functional groups attached to an aromatic ring is 1. The predicted octanol–water partition coefficient (Wildman–Crippen LogP) is -1.84. The summed E-state index contributed by atoms with van der Waals surface area (Å²) in [5.41, 5.74) is 14.2. The van der Waals surface area contributed by atoms with Gasteiger partial charge in [0.05, 0.1) is 130 Å². The summed E-state index contributed by atoms with van der Waals surface area (Å²) >= 11 is 0.